The molecule has 0 unspecified atom stereocenters. The maximum Gasteiger partial charge on any atom is 0.259 e. The molecule has 0 atom stereocenters. The van der Waals surface area contributed by atoms with Gasteiger partial charge in [0.05, 0.1) is 5.56 Å². The number of rotatable bonds is 2. The van der Waals surface area contributed by atoms with Gasteiger partial charge < -0.3 is 10.4 Å². The van der Waals surface area contributed by atoms with E-state index < -0.39 is 0 Å². The third kappa shape index (κ3) is 3.43. The average Bonchev–Trinajstić information content (AvgIpc) is 2.41. The molecule has 0 saturated carbocycles. The molecule has 110 valence electrons. The maximum atomic E-state index is 12.2. The minimum atomic E-state index is -0.306. The van der Waals surface area contributed by atoms with Crippen LogP contribution in [0.15, 0.2) is 42.5 Å². The van der Waals surface area contributed by atoms with Crippen molar-refractivity contribution in [2.75, 3.05) is 5.32 Å². The average molecular weight is 283 g/mol. The lowest BCUT2D eigenvalue weighted by molar-refractivity contribution is 0.102. The summed E-state index contributed by atoms with van der Waals surface area (Å²) >= 11 is 0. The van der Waals surface area contributed by atoms with E-state index in [0.717, 1.165) is 0 Å². The Labute approximate surface area is 125 Å². The SMILES string of the molecule is Cc1cccc(C(=O)Nc2ccc(C(C)(C)C)cc2)c1O. The lowest BCUT2D eigenvalue weighted by atomic mass is 9.87. The number of aryl methyl sites for hydroxylation is 1. The van der Waals surface area contributed by atoms with Gasteiger partial charge in [0, 0.05) is 5.69 Å². The Morgan fingerprint density at radius 3 is 2.24 bits per heavy atom. The molecule has 2 N–H and O–H groups in total. The summed E-state index contributed by atoms with van der Waals surface area (Å²) in [5.41, 5.74) is 2.98. The number of hydrogen-bond acceptors (Lipinski definition) is 2. The monoisotopic (exact) mass is 283 g/mol. The zero-order valence-corrected chi connectivity index (χ0v) is 12.9. The van der Waals surface area contributed by atoms with Crippen molar-refractivity contribution in [3.8, 4) is 5.75 Å². The van der Waals surface area contributed by atoms with Crippen molar-refractivity contribution in [1.82, 2.24) is 0 Å². The summed E-state index contributed by atoms with van der Waals surface area (Å²) in [7, 11) is 0. The highest BCUT2D eigenvalue weighted by Crippen LogP contribution is 2.25. The highest BCUT2D eigenvalue weighted by atomic mass is 16.3. The number of phenolic OH excluding ortho intramolecular Hbond substituents is 1. The van der Waals surface area contributed by atoms with Crippen LogP contribution >= 0.6 is 0 Å². The summed E-state index contributed by atoms with van der Waals surface area (Å²) in [6, 6.07) is 12.9. The summed E-state index contributed by atoms with van der Waals surface area (Å²) in [6.45, 7) is 8.20. The Kier molecular flexibility index (Phi) is 4.03. The fraction of sp³-hybridized carbons (Fsp3) is 0.278. The van der Waals surface area contributed by atoms with Crippen LogP contribution in [0.2, 0.25) is 0 Å². The van der Waals surface area contributed by atoms with E-state index in [4.69, 9.17) is 0 Å². The predicted octanol–water partition coefficient (Wildman–Crippen LogP) is 4.25. The Balaban J connectivity index is 2.18. The topological polar surface area (TPSA) is 49.3 Å². The third-order valence-corrected chi connectivity index (χ3v) is 3.49. The third-order valence-electron chi connectivity index (χ3n) is 3.49. The molecule has 1 amide bonds. The first-order valence-corrected chi connectivity index (χ1v) is 6.99. The zero-order chi connectivity index (χ0) is 15.6. The molecule has 0 heterocycles. The highest BCUT2D eigenvalue weighted by Gasteiger charge is 2.15. The standard InChI is InChI=1S/C18H21NO2/c1-12-6-5-7-15(16(12)20)17(21)19-14-10-8-13(9-11-14)18(2,3)4/h5-11,20H,1-4H3,(H,19,21). The molecule has 0 aliphatic heterocycles. The quantitative estimate of drug-likeness (QED) is 0.865. The molecular formula is C18H21NO2. The number of hydrogen-bond donors (Lipinski definition) is 2. The fourth-order valence-corrected chi connectivity index (χ4v) is 2.09. The van der Waals surface area contributed by atoms with Crippen molar-refractivity contribution >= 4 is 11.6 Å². The highest BCUT2D eigenvalue weighted by molar-refractivity contribution is 6.06. The summed E-state index contributed by atoms with van der Waals surface area (Å²) < 4.78 is 0. The summed E-state index contributed by atoms with van der Waals surface area (Å²) in [4.78, 5) is 12.2. The lowest BCUT2D eigenvalue weighted by Gasteiger charge is -2.19. The molecule has 2 aromatic rings. The van der Waals surface area contributed by atoms with E-state index >= 15 is 0 Å². The molecule has 0 saturated heterocycles. The number of anilines is 1. The molecule has 0 spiro atoms. The van der Waals surface area contributed by atoms with Gasteiger partial charge >= 0.3 is 0 Å². The van der Waals surface area contributed by atoms with Crippen LogP contribution in [0.1, 0.15) is 42.3 Å². The normalized spacial score (nSPS) is 11.2. The van der Waals surface area contributed by atoms with Gasteiger partial charge in [-0.2, -0.15) is 0 Å². The van der Waals surface area contributed by atoms with E-state index in [2.05, 4.69) is 26.1 Å². The van der Waals surface area contributed by atoms with E-state index in [1.165, 1.54) is 5.56 Å². The number of para-hydroxylation sites is 1. The number of phenols is 1. The van der Waals surface area contributed by atoms with Crippen molar-refractivity contribution in [3.63, 3.8) is 0 Å². The van der Waals surface area contributed by atoms with Crippen molar-refractivity contribution in [2.24, 2.45) is 0 Å². The smallest absolute Gasteiger partial charge is 0.259 e. The number of carbonyl (C=O) groups excluding carboxylic acids is 1. The van der Waals surface area contributed by atoms with E-state index in [9.17, 15) is 9.90 Å². The van der Waals surface area contributed by atoms with Gasteiger partial charge in [0.25, 0.3) is 5.91 Å². The molecule has 0 aliphatic rings. The van der Waals surface area contributed by atoms with Crippen molar-refractivity contribution in [3.05, 3.63) is 59.2 Å². The molecule has 21 heavy (non-hydrogen) atoms. The number of carbonyl (C=O) groups is 1. The van der Waals surface area contributed by atoms with Crippen LogP contribution in [-0.2, 0) is 5.41 Å². The van der Waals surface area contributed by atoms with Crippen LogP contribution in [-0.4, -0.2) is 11.0 Å². The largest absolute Gasteiger partial charge is 0.507 e. The Morgan fingerprint density at radius 1 is 1.05 bits per heavy atom. The first-order valence-electron chi connectivity index (χ1n) is 6.99. The van der Waals surface area contributed by atoms with Crippen LogP contribution in [0.3, 0.4) is 0 Å². The Morgan fingerprint density at radius 2 is 1.67 bits per heavy atom. The van der Waals surface area contributed by atoms with Crippen molar-refractivity contribution < 1.29 is 9.90 Å². The van der Waals surface area contributed by atoms with E-state index in [-0.39, 0.29) is 22.6 Å². The minimum absolute atomic E-state index is 0.0290. The lowest BCUT2D eigenvalue weighted by Crippen LogP contribution is -2.14. The Hall–Kier alpha value is -2.29. The van der Waals surface area contributed by atoms with E-state index in [0.29, 0.717) is 11.3 Å². The molecule has 0 bridgehead atoms. The van der Waals surface area contributed by atoms with Crippen LogP contribution in [0.25, 0.3) is 0 Å². The van der Waals surface area contributed by atoms with Crippen molar-refractivity contribution in [1.29, 1.82) is 0 Å². The van der Waals surface area contributed by atoms with Gasteiger partial charge in [0.2, 0.25) is 0 Å². The summed E-state index contributed by atoms with van der Waals surface area (Å²) in [5, 5.41) is 12.7. The first kappa shape index (κ1) is 15.1. The second-order valence-electron chi connectivity index (χ2n) is 6.25. The fourth-order valence-electron chi connectivity index (χ4n) is 2.09. The van der Waals surface area contributed by atoms with E-state index in [1.54, 1.807) is 25.1 Å². The summed E-state index contributed by atoms with van der Waals surface area (Å²) in [5.74, 6) is -0.277. The molecule has 0 aliphatic carbocycles. The van der Waals surface area contributed by atoms with Crippen LogP contribution in [0.5, 0.6) is 5.75 Å². The van der Waals surface area contributed by atoms with Crippen LogP contribution < -0.4 is 5.32 Å². The number of amides is 1. The molecule has 2 rings (SSSR count). The van der Waals surface area contributed by atoms with Gasteiger partial charge in [0.15, 0.2) is 0 Å². The predicted molar refractivity (Wildman–Crippen MR) is 85.9 cm³/mol. The zero-order valence-electron chi connectivity index (χ0n) is 12.9. The Bertz CT molecular complexity index is 652. The molecule has 3 heteroatoms. The van der Waals surface area contributed by atoms with Gasteiger partial charge in [-0.15, -0.1) is 0 Å². The molecule has 0 aromatic heterocycles. The molecule has 2 aromatic carbocycles. The van der Waals surface area contributed by atoms with Crippen LogP contribution in [0, 0.1) is 6.92 Å². The van der Waals surface area contributed by atoms with Gasteiger partial charge in [-0.05, 0) is 41.7 Å². The molecule has 0 fully saturated rings. The van der Waals surface area contributed by atoms with Gasteiger partial charge in [-0.1, -0.05) is 45.0 Å². The van der Waals surface area contributed by atoms with Gasteiger partial charge in [-0.25, -0.2) is 0 Å². The maximum absolute atomic E-state index is 12.2. The molecular weight excluding hydrogens is 262 g/mol. The second-order valence-corrected chi connectivity index (χ2v) is 6.25. The van der Waals surface area contributed by atoms with Crippen molar-refractivity contribution in [2.45, 2.75) is 33.1 Å². The first-order chi connectivity index (χ1) is 9.79. The van der Waals surface area contributed by atoms with Gasteiger partial charge in [-0.3, -0.25) is 4.79 Å². The number of nitrogens with one attached hydrogen (secondary N) is 1. The number of aromatic hydroxyl groups is 1. The molecule has 3 nitrogen and oxygen atoms in total. The minimum Gasteiger partial charge on any atom is -0.507 e. The van der Waals surface area contributed by atoms with Gasteiger partial charge in [0.1, 0.15) is 5.75 Å². The molecule has 0 radical (unpaired) electrons. The number of benzene rings is 2. The second kappa shape index (κ2) is 5.60. The van der Waals surface area contributed by atoms with Crippen LogP contribution in [0.4, 0.5) is 5.69 Å². The summed E-state index contributed by atoms with van der Waals surface area (Å²) in [6.07, 6.45) is 0. The van der Waals surface area contributed by atoms with E-state index in [1.807, 2.05) is 24.3 Å².